The summed E-state index contributed by atoms with van der Waals surface area (Å²) in [6.07, 6.45) is 1.71. The molecule has 5 nitrogen and oxygen atoms in total. The van der Waals surface area contributed by atoms with E-state index in [0.29, 0.717) is 29.5 Å². The highest BCUT2D eigenvalue weighted by Crippen LogP contribution is 2.25. The molecule has 0 radical (unpaired) electrons. The molecule has 3 aromatic heterocycles. The molecule has 0 atom stereocenters. The Morgan fingerprint density at radius 1 is 1.16 bits per heavy atom. The number of rotatable bonds is 4. The van der Waals surface area contributed by atoms with Crippen LogP contribution in [0, 0.1) is 5.82 Å². The zero-order valence-corrected chi connectivity index (χ0v) is 15.4. The zero-order chi connectivity index (χ0) is 17.6. The van der Waals surface area contributed by atoms with Gasteiger partial charge in [-0.05, 0) is 6.07 Å². The summed E-state index contributed by atoms with van der Waals surface area (Å²) >= 11 is 2.95. The predicted molar refractivity (Wildman–Crippen MR) is 99.1 cm³/mol. The third-order valence-corrected chi connectivity index (χ3v) is 4.59. The molecule has 1 aromatic carbocycles. The van der Waals surface area contributed by atoms with Gasteiger partial charge in [-0.3, -0.25) is 0 Å². The molecule has 0 unspecified atom stereocenters. The van der Waals surface area contributed by atoms with Crippen LogP contribution < -0.4 is 0 Å². The van der Waals surface area contributed by atoms with Crippen molar-refractivity contribution < 1.29 is 4.39 Å². The minimum atomic E-state index is -0.261. The Bertz CT molecular complexity index is 917. The molecule has 0 N–H and O–H groups in total. The number of halogens is 1. The smallest absolute Gasteiger partial charge is 0.201 e. The fourth-order valence-electron chi connectivity index (χ4n) is 2.16. The van der Waals surface area contributed by atoms with Crippen molar-refractivity contribution in [3.05, 3.63) is 58.1 Å². The van der Waals surface area contributed by atoms with Gasteiger partial charge in [0.25, 0.3) is 0 Å². The first-order chi connectivity index (χ1) is 12.3. The highest BCUT2D eigenvalue weighted by molar-refractivity contribution is 7.13. The van der Waals surface area contributed by atoms with Crippen molar-refractivity contribution in [2.75, 3.05) is 0 Å². The summed E-state index contributed by atoms with van der Waals surface area (Å²) in [5.41, 5.74) is 3.00. The van der Waals surface area contributed by atoms with Crippen molar-refractivity contribution in [2.45, 2.75) is 20.4 Å². The number of benzene rings is 1. The molecule has 0 saturated heterocycles. The Morgan fingerprint density at radius 2 is 2.00 bits per heavy atom. The third-order valence-electron chi connectivity index (χ3n) is 3.23. The number of hydrogen-bond donors (Lipinski definition) is 0. The number of nitrogens with zero attached hydrogens (tertiary/aromatic N) is 5. The van der Waals surface area contributed by atoms with Crippen LogP contribution in [-0.4, -0.2) is 24.7 Å². The lowest BCUT2D eigenvalue weighted by molar-refractivity contribution is 0.587. The Labute approximate surface area is 152 Å². The van der Waals surface area contributed by atoms with Gasteiger partial charge in [0.15, 0.2) is 10.8 Å². The molecule has 4 aromatic rings. The van der Waals surface area contributed by atoms with Crippen molar-refractivity contribution in [1.29, 1.82) is 0 Å². The van der Waals surface area contributed by atoms with Gasteiger partial charge < -0.3 is 0 Å². The molecule has 0 aliphatic rings. The van der Waals surface area contributed by atoms with Gasteiger partial charge in [0.05, 0.1) is 12.1 Å². The molecule has 128 valence electrons. The SMILES string of the molecule is CC.Fc1ccccc1Cn1nc(-c2cscn2)nc1-c1nccs1. The van der Waals surface area contributed by atoms with Gasteiger partial charge >= 0.3 is 0 Å². The van der Waals surface area contributed by atoms with Crippen LogP contribution in [0.25, 0.3) is 22.4 Å². The molecule has 0 aliphatic carbocycles. The predicted octanol–water partition coefficient (Wildman–Crippen LogP) is 4.74. The molecule has 25 heavy (non-hydrogen) atoms. The van der Waals surface area contributed by atoms with E-state index in [2.05, 4.69) is 20.1 Å². The van der Waals surface area contributed by atoms with Crippen molar-refractivity contribution in [1.82, 2.24) is 24.7 Å². The molecule has 0 bridgehead atoms. The zero-order valence-electron chi connectivity index (χ0n) is 13.8. The lowest BCUT2D eigenvalue weighted by Crippen LogP contribution is -2.05. The van der Waals surface area contributed by atoms with E-state index < -0.39 is 0 Å². The minimum Gasteiger partial charge on any atom is -0.241 e. The maximum Gasteiger partial charge on any atom is 0.201 e. The van der Waals surface area contributed by atoms with E-state index in [1.165, 1.54) is 28.7 Å². The molecule has 0 amide bonds. The first-order valence-corrected chi connectivity index (χ1v) is 9.60. The van der Waals surface area contributed by atoms with E-state index in [1.54, 1.807) is 34.6 Å². The van der Waals surface area contributed by atoms with E-state index in [1.807, 2.05) is 24.6 Å². The summed E-state index contributed by atoms with van der Waals surface area (Å²) in [5, 5.41) is 9.00. The van der Waals surface area contributed by atoms with Crippen LogP contribution in [0.5, 0.6) is 0 Å². The Morgan fingerprint density at radius 3 is 2.68 bits per heavy atom. The van der Waals surface area contributed by atoms with Gasteiger partial charge in [0.1, 0.15) is 11.5 Å². The van der Waals surface area contributed by atoms with E-state index in [9.17, 15) is 4.39 Å². The number of aromatic nitrogens is 5. The second-order valence-electron chi connectivity index (χ2n) is 4.72. The van der Waals surface area contributed by atoms with Gasteiger partial charge in [-0.1, -0.05) is 32.0 Å². The van der Waals surface area contributed by atoms with Crippen molar-refractivity contribution >= 4 is 22.7 Å². The largest absolute Gasteiger partial charge is 0.241 e. The second kappa shape index (κ2) is 8.09. The molecule has 0 saturated carbocycles. The van der Waals surface area contributed by atoms with Crippen LogP contribution in [0.1, 0.15) is 19.4 Å². The molecule has 0 aliphatic heterocycles. The molecule has 0 spiro atoms. The van der Waals surface area contributed by atoms with Gasteiger partial charge in [-0.15, -0.1) is 27.8 Å². The highest BCUT2D eigenvalue weighted by atomic mass is 32.1. The van der Waals surface area contributed by atoms with Crippen molar-refractivity contribution in [3.8, 4) is 22.4 Å². The van der Waals surface area contributed by atoms with Crippen LogP contribution in [0.2, 0.25) is 0 Å². The minimum absolute atomic E-state index is 0.261. The summed E-state index contributed by atoms with van der Waals surface area (Å²) in [7, 11) is 0. The van der Waals surface area contributed by atoms with E-state index in [-0.39, 0.29) is 5.82 Å². The second-order valence-corrected chi connectivity index (χ2v) is 6.33. The van der Waals surface area contributed by atoms with Gasteiger partial charge in [-0.25, -0.2) is 24.0 Å². The first kappa shape index (κ1) is 17.4. The molecular formula is C17H16FN5S2. The maximum absolute atomic E-state index is 13.9. The normalized spacial score (nSPS) is 10.4. The van der Waals surface area contributed by atoms with Gasteiger partial charge in [-0.2, -0.15) is 0 Å². The standard InChI is InChI=1S/C15H10FN5S2.C2H6/c16-11-4-2-1-3-10(11)7-21-14(15-17-5-6-23-15)19-13(20-21)12-8-22-9-18-12;1-2/h1-6,8-9H,7H2;1-2H3. The maximum atomic E-state index is 13.9. The first-order valence-electron chi connectivity index (χ1n) is 7.78. The van der Waals surface area contributed by atoms with Gasteiger partial charge in [0, 0.05) is 22.5 Å². The van der Waals surface area contributed by atoms with Crippen LogP contribution in [0.4, 0.5) is 4.39 Å². The number of thiazole rings is 2. The van der Waals surface area contributed by atoms with Crippen LogP contribution in [0.3, 0.4) is 0 Å². The fraction of sp³-hybridized carbons (Fsp3) is 0.176. The summed E-state index contributed by atoms with van der Waals surface area (Å²) in [6, 6.07) is 6.66. The van der Waals surface area contributed by atoms with Crippen LogP contribution in [0.15, 0.2) is 46.7 Å². The lowest BCUT2D eigenvalue weighted by atomic mass is 10.2. The van der Waals surface area contributed by atoms with E-state index >= 15 is 0 Å². The third kappa shape index (κ3) is 3.80. The Balaban J connectivity index is 0.000000880. The van der Waals surface area contributed by atoms with Crippen LogP contribution >= 0.6 is 22.7 Å². The van der Waals surface area contributed by atoms with Crippen molar-refractivity contribution in [3.63, 3.8) is 0 Å². The molecule has 3 heterocycles. The Kier molecular flexibility index (Phi) is 5.62. The molecule has 8 heteroatoms. The lowest BCUT2D eigenvalue weighted by Gasteiger charge is -2.05. The van der Waals surface area contributed by atoms with Crippen molar-refractivity contribution in [2.24, 2.45) is 0 Å². The highest BCUT2D eigenvalue weighted by Gasteiger charge is 2.17. The fourth-order valence-corrected chi connectivity index (χ4v) is 3.32. The topological polar surface area (TPSA) is 56.5 Å². The summed E-state index contributed by atoms with van der Waals surface area (Å²) in [6.45, 7) is 4.29. The average molecular weight is 373 g/mol. The van der Waals surface area contributed by atoms with E-state index in [4.69, 9.17) is 0 Å². The summed E-state index contributed by atoms with van der Waals surface area (Å²) in [4.78, 5) is 13.1. The van der Waals surface area contributed by atoms with Gasteiger partial charge in [0.2, 0.25) is 5.82 Å². The monoisotopic (exact) mass is 373 g/mol. The average Bonchev–Trinajstić information content (AvgIpc) is 3.40. The molecular weight excluding hydrogens is 357 g/mol. The Hall–Kier alpha value is -2.45. The molecule has 4 rings (SSSR count). The van der Waals surface area contributed by atoms with E-state index in [0.717, 1.165) is 5.01 Å². The molecule has 0 fully saturated rings. The number of hydrogen-bond acceptors (Lipinski definition) is 6. The summed E-state index contributed by atoms with van der Waals surface area (Å²) < 4.78 is 15.6. The quantitative estimate of drug-likeness (QED) is 0.518. The van der Waals surface area contributed by atoms with Crippen LogP contribution in [-0.2, 0) is 6.54 Å². The summed E-state index contributed by atoms with van der Waals surface area (Å²) in [5.74, 6) is 0.877.